The van der Waals surface area contributed by atoms with Crippen molar-refractivity contribution in [2.24, 2.45) is 0 Å². The van der Waals surface area contributed by atoms with E-state index >= 15 is 0 Å². The summed E-state index contributed by atoms with van der Waals surface area (Å²) in [4.78, 5) is 0. The number of rotatable bonds is 2. The molecule has 1 nitrogen and oxygen atoms in total. The molecule has 0 spiro atoms. The Hall–Kier alpha value is 0.511. The van der Waals surface area contributed by atoms with Crippen molar-refractivity contribution in [2.75, 3.05) is 0 Å². The number of hydrogen-bond donors (Lipinski definition) is 1. The minimum absolute atomic E-state index is 0. The third-order valence-electron chi connectivity index (χ3n) is 1.38. The second-order valence-corrected chi connectivity index (χ2v) is 2.58. The number of phenolic OH excluding ortho intramolecular Hbond substituents is 1. The maximum absolute atomic E-state index is 11.9. The molecule has 0 atom stereocenters. The standard InChI is InChI=1S/C7H7BF3O.K/c9-8(10,11)5-6-2-1-3-7(12)4-6;/h1-4,12H,5H2;/q-1;+1. The van der Waals surface area contributed by atoms with E-state index in [2.05, 4.69) is 0 Å². The Morgan fingerprint density at radius 3 is 2.31 bits per heavy atom. The molecule has 6 heteroatoms. The van der Waals surface area contributed by atoms with Crippen LogP contribution in [-0.2, 0) is 6.32 Å². The quantitative estimate of drug-likeness (QED) is 0.647. The van der Waals surface area contributed by atoms with Crippen molar-refractivity contribution in [3.8, 4) is 5.75 Å². The van der Waals surface area contributed by atoms with E-state index in [4.69, 9.17) is 5.11 Å². The molecule has 1 aromatic rings. The second kappa shape index (κ2) is 5.41. The fraction of sp³-hybridized carbons (Fsp3) is 0.143. The van der Waals surface area contributed by atoms with E-state index in [1.54, 1.807) is 0 Å². The summed E-state index contributed by atoms with van der Waals surface area (Å²) in [5, 5.41) is 8.85. The minimum Gasteiger partial charge on any atom is -0.508 e. The summed E-state index contributed by atoms with van der Waals surface area (Å²) >= 11 is 0. The van der Waals surface area contributed by atoms with Gasteiger partial charge in [-0.2, -0.15) is 0 Å². The molecular formula is C7H7BF3KO. The maximum Gasteiger partial charge on any atom is 1.00 e. The van der Waals surface area contributed by atoms with Crippen molar-refractivity contribution in [3.63, 3.8) is 0 Å². The van der Waals surface area contributed by atoms with Gasteiger partial charge in [0.1, 0.15) is 5.75 Å². The Bertz CT molecular complexity index is 277. The fourth-order valence-electron chi connectivity index (χ4n) is 0.951. The van der Waals surface area contributed by atoms with Crippen LogP contribution in [0.3, 0.4) is 0 Å². The molecule has 0 radical (unpaired) electrons. The van der Waals surface area contributed by atoms with Gasteiger partial charge < -0.3 is 18.1 Å². The molecule has 0 aromatic heterocycles. The van der Waals surface area contributed by atoms with E-state index in [-0.39, 0.29) is 62.7 Å². The van der Waals surface area contributed by atoms with Crippen molar-refractivity contribution in [2.45, 2.75) is 6.32 Å². The molecule has 0 unspecified atom stereocenters. The molecule has 0 aliphatic rings. The number of phenols is 1. The van der Waals surface area contributed by atoms with Crippen LogP contribution in [0.4, 0.5) is 12.9 Å². The van der Waals surface area contributed by atoms with Crippen molar-refractivity contribution in [1.29, 1.82) is 0 Å². The van der Waals surface area contributed by atoms with Crippen LogP contribution >= 0.6 is 0 Å². The van der Waals surface area contributed by atoms with E-state index in [1.165, 1.54) is 18.2 Å². The molecule has 0 saturated heterocycles. The van der Waals surface area contributed by atoms with Crippen LogP contribution in [-0.4, -0.2) is 12.1 Å². The number of halogens is 3. The molecule has 66 valence electrons. The van der Waals surface area contributed by atoms with Gasteiger partial charge in [0.15, 0.2) is 0 Å². The van der Waals surface area contributed by atoms with Gasteiger partial charge in [0.25, 0.3) is 0 Å². The summed E-state index contributed by atoms with van der Waals surface area (Å²) in [5.74, 6) is -0.132. The van der Waals surface area contributed by atoms with Crippen LogP contribution in [0.5, 0.6) is 5.75 Å². The van der Waals surface area contributed by atoms with Crippen molar-refractivity contribution < 1.29 is 69.4 Å². The third-order valence-corrected chi connectivity index (χ3v) is 1.38. The number of aromatic hydroxyl groups is 1. The van der Waals surface area contributed by atoms with E-state index in [1.807, 2.05) is 0 Å². The van der Waals surface area contributed by atoms with Gasteiger partial charge in [-0.3, -0.25) is 0 Å². The zero-order chi connectivity index (χ0) is 9.19. The zero-order valence-corrected chi connectivity index (χ0v) is 10.3. The van der Waals surface area contributed by atoms with Gasteiger partial charge in [0, 0.05) is 0 Å². The first-order chi connectivity index (χ1) is 5.47. The van der Waals surface area contributed by atoms with Crippen LogP contribution in [0.2, 0.25) is 0 Å². The van der Waals surface area contributed by atoms with Gasteiger partial charge in [0.2, 0.25) is 0 Å². The Morgan fingerprint density at radius 2 is 1.85 bits per heavy atom. The maximum atomic E-state index is 11.9. The third kappa shape index (κ3) is 5.75. The summed E-state index contributed by atoms with van der Waals surface area (Å²) in [6.45, 7) is -4.81. The Kier molecular flexibility index (Phi) is 5.62. The first-order valence-electron chi connectivity index (χ1n) is 3.46. The molecule has 0 fully saturated rings. The molecule has 0 saturated carbocycles. The fourth-order valence-corrected chi connectivity index (χ4v) is 0.951. The second-order valence-electron chi connectivity index (χ2n) is 2.58. The van der Waals surface area contributed by atoms with E-state index in [0.29, 0.717) is 0 Å². The number of hydrogen-bond acceptors (Lipinski definition) is 1. The largest absolute Gasteiger partial charge is 1.00 e. The average molecular weight is 214 g/mol. The van der Waals surface area contributed by atoms with Crippen molar-refractivity contribution in [3.05, 3.63) is 29.8 Å². The topological polar surface area (TPSA) is 20.2 Å². The first-order valence-corrected chi connectivity index (χ1v) is 3.46. The molecular weight excluding hydrogens is 207 g/mol. The summed E-state index contributed by atoms with van der Waals surface area (Å²) < 4.78 is 35.6. The van der Waals surface area contributed by atoms with Gasteiger partial charge in [-0.25, -0.2) is 0 Å². The molecule has 0 heterocycles. The van der Waals surface area contributed by atoms with E-state index in [0.717, 1.165) is 6.07 Å². The predicted octanol–water partition coefficient (Wildman–Crippen LogP) is -0.675. The molecule has 1 aromatic carbocycles. The minimum atomic E-state index is -4.81. The normalized spacial score (nSPS) is 10.7. The van der Waals surface area contributed by atoms with Crippen LogP contribution in [0.1, 0.15) is 5.56 Å². The molecule has 0 amide bonds. The van der Waals surface area contributed by atoms with Gasteiger partial charge in [-0.1, -0.05) is 24.0 Å². The van der Waals surface area contributed by atoms with Crippen LogP contribution in [0.15, 0.2) is 24.3 Å². The molecule has 1 rings (SSSR count). The average Bonchev–Trinajstić information content (AvgIpc) is 1.82. The first kappa shape index (κ1) is 13.5. The summed E-state index contributed by atoms with van der Waals surface area (Å²) in [6, 6.07) is 5.20. The monoisotopic (exact) mass is 214 g/mol. The molecule has 0 aliphatic carbocycles. The summed E-state index contributed by atoms with van der Waals surface area (Å²) in [6.07, 6.45) is -0.936. The molecule has 13 heavy (non-hydrogen) atoms. The van der Waals surface area contributed by atoms with Crippen LogP contribution < -0.4 is 51.4 Å². The molecule has 0 aliphatic heterocycles. The SMILES string of the molecule is Oc1cccc(C[B-](F)(F)F)c1.[K+]. The van der Waals surface area contributed by atoms with Crippen molar-refractivity contribution >= 4 is 6.98 Å². The van der Waals surface area contributed by atoms with Crippen LogP contribution in [0.25, 0.3) is 0 Å². The zero-order valence-electron chi connectivity index (χ0n) is 7.17. The Labute approximate surface area is 117 Å². The smallest absolute Gasteiger partial charge is 0.508 e. The van der Waals surface area contributed by atoms with Gasteiger partial charge >= 0.3 is 58.4 Å². The van der Waals surface area contributed by atoms with Gasteiger partial charge in [0.05, 0.1) is 0 Å². The van der Waals surface area contributed by atoms with Gasteiger partial charge in [-0.05, 0) is 12.1 Å². The summed E-state index contributed by atoms with van der Waals surface area (Å²) in [7, 11) is 0. The summed E-state index contributed by atoms with van der Waals surface area (Å²) in [5.41, 5.74) is 0.0995. The number of benzene rings is 1. The van der Waals surface area contributed by atoms with E-state index < -0.39 is 13.3 Å². The van der Waals surface area contributed by atoms with E-state index in [9.17, 15) is 12.9 Å². The predicted molar refractivity (Wildman–Crippen MR) is 40.9 cm³/mol. The molecule has 0 bridgehead atoms. The van der Waals surface area contributed by atoms with Gasteiger partial charge in [-0.15, -0.1) is 0 Å². The Morgan fingerprint density at radius 1 is 1.23 bits per heavy atom. The van der Waals surface area contributed by atoms with Crippen LogP contribution in [0, 0.1) is 0 Å². The Balaban J connectivity index is 0.00000144. The van der Waals surface area contributed by atoms with Crippen molar-refractivity contribution in [1.82, 2.24) is 0 Å². The molecule has 1 N–H and O–H groups in total.